The second-order valence-corrected chi connectivity index (χ2v) is 7.93. The predicted molar refractivity (Wildman–Crippen MR) is 122 cm³/mol. The summed E-state index contributed by atoms with van der Waals surface area (Å²) in [6.45, 7) is 2.25. The molecule has 2 aromatic carbocycles. The third-order valence-electron chi connectivity index (χ3n) is 4.43. The molecule has 3 aromatic rings. The van der Waals surface area contributed by atoms with Crippen molar-refractivity contribution in [3.8, 4) is 17.4 Å². The molecule has 8 heteroatoms. The molecule has 0 unspecified atom stereocenters. The molecule has 0 radical (unpaired) electrons. The molecule has 5 nitrogen and oxygen atoms in total. The first-order valence-corrected chi connectivity index (χ1v) is 10.9. The zero-order valence-corrected chi connectivity index (χ0v) is 19.4. The fourth-order valence-electron chi connectivity index (χ4n) is 2.81. The van der Waals surface area contributed by atoms with Crippen LogP contribution in [0.4, 0.5) is 4.39 Å². The van der Waals surface area contributed by atoms with E-state index in [1.807, 2.05) is 30.3 Å². The second-order valence-electron chi connectivity index (χ2n) is 6.67. The number of nitrogens with one attached hydrogen (secondary N) is 1. The van der Waals surface area contributed by atoms with Crippen molar-refractivity contribution in [3.05, 3.63) is 81.2 Å². The van der Waals surface area contributed by atoms with Crippen LogP contribution in [0.15, 0.2) is 59.2 Å². The lowest BCUT2D eigenvalue weighted by molar-refractivity contribution is 0.284. The molecule has 0 aliphatic rings. The van der Waals surface area contributed by atoms with Gasteiger partial charge in [0, 0.05) is 28.8 Å². The maximum atomic E-state index is 13.2. The fourth-order valence-corrected chi connectivity index (χ4v) is 3.49. The van der Waals surface area contributed by atoms with E-state index in [0.29, 0.717) is 41.1 Å². The minimum atomic E-state index is -0.380. The molecule has 0 aliphatic carbocycles. The Labute approximate surface area is 194 Å². The number of pyridine rings is 1. The number of hydrogen-bond acceptors (Lipinski definition) is 5. The van der Waals surface area contributed by atoms with Crippen LogP contribution in [0.3, 0.4) is 0 Å². The third-order valence-corrected chi connectivity index (χ3v) is 5.52. The summed E-state index contributed by atoms with van der Waals surface area (Å²) in [5, 5.41) is 3.72. The Bertz CT molecular complexity index is 992. The molecule has 0 aliphatic heterocycles. The van der Waals surface area contributed by atoms with Crippen LogP contribution in [0.2, 0.25) is 5.02 Å². The number of benzene rings is 2. The highest BCUT2D eigenvalue weighted by molar-refractivity contribution is 9.10. The quantitative estimate of drug-likeness (QED) is 0.332. The molecule has 31 heavy (non-hydrogen) atoms. The van der Waals surface area contributed by atoms with Gasteiger partial charge < -0.3 is 19.5 Å². The van der Waals surface area contributed by atoms with Crippen LogP contribution in [0.25, 0.3) is 0 Å². The molecule has 0 spiro atoms. The van der Waals surface area contributed by atoms with Gasteiger partial charge >= 0.3 is 0 Å². The summed E-state index contributed by atoms with van der Waals surface area (Å²) in [5.41, 5.74) is 1.73. The second kappa shape index (κ2) is 11.9. The van der Waals surface area contributed by atoms with Crippen molar-refractivity contribution in [2.45, 2.75) is 19.6 Å². The first-order chi connectivity index (χ1) is 15.1. The summed E-state index contributed by atoms with van der Waals surface area (Å²) in [6.07, 6.45) is 2.56. The van der Waals surface area contributed by atoms with Crippen molar-refractivity contribution in [1.29, 1.82) is 0 Å². The molecule has 1 aromatic heterocycles. The molecule has 0 fully saturated rings. The molecule has 0 amide bonds. The highest BCUT2D eigenvalue weighted by Crippen LogP contribution is 2.34. The van der Waals surface area contributed by atoms with Gasteiger partial charge in [0.2, 0.25) is 5.88 Å². The summed E-state index contributed by atoms with van der Waals surface area (Å²) in [7, 11) is 1.59. The predicted octanol–water partition coefficient (Wildman–Crippen LogP) is 5.78. The Kier molecular flexibility index (Phi) is 8.94. The third kappa shape index (κ3) is 7.09. The Morgan fingerprint density at radius 1 is 1.06 bits per heavy atom. The SMILES string of the molecule is COc1cc(CNCCCOc2ccccn2)c(Br)cc1OCc1ccc(F)cc1Cl. The Hall–Kier alpha value is -2.35. The molecule has 3 rings (SSSR count). The van der Waals surface area contributed by atoms with Crippen LogP contribution in [0.5, 0.6) is 17.4 Å². The minimum Gasteiger partial charge on any atom is -0.493 e. The van der Waals surface area contributed by atoms with E-state index in [0.717, 1.165) is 23.0 Å². The van der Waals surface area contributed by atoms with E-state index in [9.17, 15) is 4.39 Å². The number of methoxy groups -OCH3 is 1. The van der Waals surface area contributed by atoms with Gasteiger partial charge in [0.1, 0.15) is 12.4 Å². The zero-order chi connectivity index (χ0) is 22.1. The summed E-state index contributed by atoms with van der Waals surface area (Å²) in [5.74, 6) is 1.43. The molecule has 1 heterocycles. The molecule has 0 saturated carbocycles. The van der Waals surface area contributed by atoms with Gasteiger partial charge in [-0.05, 0) is 48.9 Å². The molecule has 0 saturated heterocycles. The number of aromatic nitrogens is 1. The average molecular weight is 510 g/mol. The maximum absolute atomic E-state index is 13.2. The van der Waals surface area contributed by atoms with Crippen LogP contribution in [-0.2, 0) is 13.2 Å². The van der Waals surface area contributed by atoms with Gasteiger partial charge in [-0.25, -0.2) is 9.37 Å². The van der Waals surface area contributed by atoms with Crippen LogP contribution in [0.1, 0.15) is 17.5 Å². The van der Waals surface area contributed by atoms with Crippen molar-refractivity contribution >= 4 is 27.5 Å². The van der Waals surface area contributed by atoms with Crippen LogP contribution < -0.4 is 19.5 Å². The van der Waals surface area contributed by atoms with Gasteiger partial charge in [0.05, 0.1) is 18.7 Å². The molecule has 0 atom stereocenters. The first-order valence-electron chi connectivity index (χ1n) is 9.74. The monoisotopic (exact) mass is 508 g/mol. The van der Waals surface area contributed by atoms with Crippen molar-refractivity contribution in [2.24, 2.45) is 0 Å². The van der Waals surface area contributed by atoms with Crippen molar-refractivity contribution < 1.29 is 18.6 Å². The van der Waals surface area contributed by atoms with E-state index in [2.05, 4.69) is 26.2 Å². The van der Waals surface area contributed by atoms with E-state index in [1.165, 1.54) is 12.1 Å². The van der Waals surface area contributed by atoms with Crippen LogP contribution in [-0.4, -0.2) is 25.2 Å². The zero-order valence-electron chi connectivity index (χ0n) is 17.0. The van der Waals surface area contributed by atoms with Gasteiger partial charge in [0.15, 0.2) is 11.5 Å². The number of halogens is 3. The fraction of sp³-hybridized carbons (Fsp3) is 0.261. The van der Waals surface area contributed by atoms with Gasteiger partial charge in [-0.15, -0.1) is 0 Å². The summed E-state index contributed by atoms with van der Waals surface area (Å²) in [6, 6.07) is 13.6. The Morgan fingerprint density at radius 2 is 1.94 bits per heavy atom. The topological polar surface area (TPSA) is 52.6 Å². The maximum Gasteiger partial charge on any atom is 0.213 e. The Morgan fingerprint density at radius 3 is 2.68 bits per heavy atom. The molecule has 1 N–H and O–H groups in total. The summed E-state index contributed by atoms with van der Waals surface area (Å²) < 4.78 is 31.0. The number of nitrogens with zero attached hydrogens (tertiary/aromatic N) is 1. The summed E-state index contributed by atoms with van der Waals surface area (Å²) in [4.78, 5) is 4.13. The normalized spacial score (nSPS) is 10.7. The van der Waals surface area contributed by atoms with Gasteiger partial charge in [0.25, 0.3) is 0 Å². The van der Waals surface area contributed by atoms with E-state index >= 15 is 0 Å². The smallest absolute Gasteiger partial charge is 0.213 e. The Balaban J connectivity index is 1.50. The van der Waals surface area contributed by atoms with Gasteiger partial charge in [-0.2, -0.15) is 0 Å². The molecular formula is C23H23BrClFN2O3. The number of hydrogen-bond donors (Lipinski definition) is 1. The van der Waals surface area contributed by atoms with Gasteiger partial charge in [-0.3, -0.25) is 0 Å². The van der Waals surface area contributed by atoms with E-state index < -0.39 is 0 Å². The minimum absolute atomic E-state index is 0.204. The van der Waals surface area contributed by atoms with Crippen molar-refractivity contribution in [2.75, 3.05) is 20.3 Å². The number of ether oxygens (including phenoxy) is 3. The largest absolute Gasteiger partial charge is 0.493 e. The number of rotatable bonds is 11. The standard InChI is InChI=1S/C23H23BrClFN2O3/c1-29-21-11-17(14-27-8-4-10-30-23-5-2-3-9-28-23)19(24)13-22(21)31-15-16-6-7-18(26)12-20(16)25/h2-3,5-7,9,11-13,27H,4,8,10,14-15H2,1H3. The van der Waals surface area contributed by atoms with E-state index in [1.54, 1.807) is 19.4 Å². The lowest BCUT2D eigenvalue weighted by atomic mass is 10.2. The van der Waals surface area contributed by atoms with E-state index in [-0.39, 0.29) is 12.4 Å². The van der Waals surface area contributed by atoms with Crippen molar-refractivity contribution in [3.63, 3.8) is 0 Å². The molecule has 0 bridgehead atoms. The lowest BCUT2D eigenvalue weighted by Crippen LogP contribution is -2.17. The lowest BCUT2D eigenvalue weighted by Gasteiger charge is -2.15. The van der Waals surface area contributed by atoms with E-state index in [4.69, 9.17) is 25.8 Å². The highest BCUT2D eigenvalue weighted by atomic mass is 79.9. The average Bonchev–Trinajstić information content (AvgIpc) is 2.77. The van der Waals surface area contributed by atoms with Crippen molar-refractivity contribution in [1.82, 2.24) is 10.3 Å². The van der Waals surface area contributed by atoms with Crippen LogP contribution >= 0.6 is 27.5 Å². The van der Waals surface area contributed by atoms with Gasteiger partial charge in [-0.1, -0.05) is 39.7 Å². The molecular weight excluding hydrogens is 487 g/mol. The summed E-state index contributed by atoms with van der Waals surface area (Å²) >= 11 is 9.66. The first kappa shape index (κ1) is 23.3. The van der Waals surface area contributed by atoms with Crippen LogP contribution in [0, 0.1) is 5.82 Å². The highest BCUT2D eigenvalue weighted by Gasteiger charge is 2.12. The molecule has 164 valence electrons.